The predicted octanol–water partition coefficient (Wildman–Crippen LogP) is 3.16. The Morgan fingerprint density at radius 3 is 2.64 bits per heavy atom. The lowest BCUT2D eigenvalue weighted by molar-refractivity contribution is -0.142. The van der Waals surface area contributed by atoms with Crippen LogP contribution >= 0.6 is 0 Å². The number of carbonyl (C=O) groups excluding carboxylic acids is 1. The molecule has 0 radical (unpaired) electrons. The number of carbonyl (C=O) groups is 2. The van der Waals surface area contributed by atoms with Crippen molar-refractivity contribution in [2.45, 2.75) is 38.5 Å². The number of aliphatic carboxylic acids is 1. The number of nitrogens with zero attached hydrogens (tertiary/aromatic N) is 1. The molecule has 1 aromatic carbocycles. The second-order valence-corrected chi connectivity index (χ2v) is 7.32. The molecule has 0 spiro atoms. The lowest BCUT2D eigenvalue weighted by Crippen LogP contribution is -2.39. The van der Waals surface area contributed by atoms with Gasteiger partial charge in [-0.05, 0) is 42.7 Å². The first-order valence-electron chi connectivity index (χ1n) is 9.20. The molecule has 2 aromatic rings. The van der Waals surface area contributed by atoms with E-state index in [1.165, 1.54) is 22.0 Å². The monoisotopic (exact) mass is 340 g/mol. The van der Waals surface area contributed by atoms with E-state index in [1.807, 2.05) is 4.90 Å². The molecular formula is C20H24N2O3. The number of H-pyrrole nitrogens is 1. The summed E-state index contributed by atoms with van der Waals surface area (Å²) in [6, 6.07) is 6.47. The van der Waals surface area contributed by atoms with Crippen molar-refractivity contribution in [3.63, 3.8) is 0 Å². The number of fused-ring (bicyclic) bond motifs is 1. The predicted molar refractivity (Wildman–Crippen MR) is 95.5 cm³/mol. The van der Waals surface area contributed by atoms with Gasteiger partial charge in [-0.25, -0.2) is 0 Å². The summed E-state index contributed by atoms with van der Waals surface area (Å²) in [4.78, 5) is 28.7. The average Bonchev–Trinajstić information content (AvgIpc) is 3.33. The van der Waals surface area contributed by atoms with E-state index >= 15 is 0 Å². The molecule has 1 saturated heterocycles. The van der Waals surface area contributed by atoms with Crippen molar-refractivity contribution in [2.75, 3.05) is 13.1 Å². The highest BCUT2D eigenvalue weighted by Gasteiger charge is 2.50. The third kappa shape index (κ3) is 2.81. The molecule has 132 valence electrons. The third-order valence-corrected chi connectivity index (χ3v) is 5.89. The van der Waals surface area contributed by atoms with Gasteiger partial charge in [0.1, 0.15) is 0 Å². The van der Waals surface area contributed by atoms with Gasteiger partial charge in [0, 0.05) is 30.2 Å². The van der Waals surface area contributed by atoms with E-state index in [4.69, 9.17) is 5.11 Å². The van der Waals surface area contributed by atoms with Crippen LogP contribution in [0.15, 0.2) is 24.4 Å². The molecule has 2 N–H and O–H groups in total. The van der Waals surface area contributed by atoms with Crippen LogP contribution < -0.4 is 0 Å². The maximum atomic E-state index is 12.4. The van der Waals surface area contributed by atoms with E-state index in [0.29, 0.717) is 12.3 Å². The van der Waals surface area contributed by atoms with Gasteiger partial charge >= 0.3 is 5.97 Å². The number of amides is 1. The van der Waals surface area contributed by atoms with Gasteiger partial charge in [-0.2, -0.15) is 0 Å². The molecule has 2 aliphatic rings. The van der Waals surface area contributed by atoms with Gasteiger partial charge in [0.2, 0.25) is 5.91 Å². The summed E-state index contributed by atoms with van der Waals surface area (Å²) >= 11 is 0. The SMILES string of the molecule is CCc1cccc2c(C3CCN(C(=O)C4CC4C(=O)O)CC3)c[nH]c12. The average molecular weight is 340 g/mol. The largest absolute Gasteiger partial charge is 0.481 e. The number of carboxylic acids is 1. The van der Waals surface area contributed by atoms with E-state index in [-0.39, 0.29) is 11.8 Å². The number of rotatable bonds is 4. The number of likely N-dealkylation sites (tertiary alicyclic amines) is 1. The minimum Gasteiger partial charge on any atom is -0.481 e. The topological polar surface area (TPSA) is 73.4 Å². The van der Waals surface area contributed by atoms with Crippen molar-refractivity contribution < 1.29 is 14.7 Å². The number of aromatic amines is 1. The maximum absolute atomic E-state index is 12.4. The third-order valence-electron chi connectivity index (χ3n) is 5.89. The quantitative estimate of drug-likeness (QED) is 0.898. The summed E-state index contributed by atoms with van der Waals surface area (Å²) in [5, 5.41) is 10.3. The number of carboxylic acid groups (broad SMARTS) is 1. The highest BCUT2D eigenvalue weighted by molar-refractivity contribution is 5.90. The zero-order chi connectivity index (χ0) is 17.6. The van der Waals surface area contributed by atoms with Crippen LogP contribution in [0.4, 0.5) is 0 Å². The van der Waals surface area contributed by atoms with Crippen molar-refractivity contribution in [3.05, 3.63) is 35.5 Å². The van der Waals surface area contributed by atoms with Crippen molar-refractivity contribution in [1.82, 2.24) is 9.88 Å². The number of hydrogen-bond acceptors (Lipinski definition) is 2. The van der Waals surface area contributed by atoms with E-state index in [0.717, 1.165) is 32.4 Å². The molecule has 1 amide bonds. The molecule has 1 saturated carbocycles. The van der Waals surface area contributed by atoms with E-state index in [1.54, 1.807) is 0 Å². The normalized spacial score (nSPS) is 23.8. The minimum absolute atomic E-state index is 0.0399. The molecule has 2 unspecified atom stereocenters. The van der Waals surface area contributed by atoms with E-state index < -0.39 is 11.9 Å². The number of benzene rings is 1. The van der Waals surface area contributed by atoms with Gasteiger partial charge in [-0.1, -0.05) is 25.1 Å². The summed E-state index contributed by atoms with van der Waals surface area (Å²) in [5.41, 5.74) is 3.93. The van der Waals surface area contributed by atoms with Crippen LogP contribution in [0.3, 0.4) is 0 Å². The highest BCUT2D eigenvalue weighted by atomic mass is 16.4. The van der Waals surface area contributed by atoms with Crippen LogP contribution in [0, 0.1) is 11.8 Å². The molecule has 1 aliphatic heterocycles. The fourth-order valence-electron chi connectivity index (χ4n) is 4.26. The lowest BCUT2D eigenvalue weighted by atomic mass is 9.88. The summed E-state index contributed by atoms with van der Waals surface area (Å²) in [5.74, 6) is -1.07. The number of piperidine rings is 1. The molecule has 4 rings (SSSR count). The first kappa shape index (κ1) is 16.2. The molecule has 2 heterocycles. The molecule has 2 atom stereocenters. The first-order chi connectivity index (χ1) is 12.1. The summed E-state index contributed by atoms with van der Waals surface area (Å²) in [7, 11) is 0. The fourth-order valence-corrected chi connectivity index (χ4v) is 4.26. The molecule has 0 bridgehead atoms. The first-order valence-corrected chi connectivity index (χ1v) is 9.20. The van der Waals surface area contributed by atoms with Crippen molar-refractivity contribution in [1.29, 1.82) is 0 Å². The van der Waals surface area contributed by atoms with Crippen LogP contribution in [0.2, 0.25) is 0 Å². The van der Waals surface area contributed by atoms with Crippen LogP contribution in [-0.2, 0) is 16.0 Å². The standard InChI is InChI=1S/C20H24N2O3/c1-2-12-4-3-5-14-17(11-21-18(12)14)13-6-8-22(9-7-13)19(23)15-10-16(15)20(24)25/h3-5,11,13,15-16,21H,2,6-10H2,1H3,(H,24,25). The summed E-state index contributed by atoms with van der Waals surface area (Å²) < 4.78 is 0. The molecule has 5 nitrogen and oxygen atoms in total. The lowest BCUT2D eigenvalue weighted by Gasteiger charge is -2.32. The van der Waals surface area contributed by atoms with Crippen LogP contribution in [0.5, 0.6) is 0 Å². The number of aryl methyl sites for hydroxylation is 1. The van der Waals surface area contributed by atoms with Crippen LogP contribution in [-0.4, -0.2) is 40.0 Å². The Kier molecular flexibility index (Phi) is 4.02. The molecule has 25 heavy (non-hydrogen) atoms. The van der Waals surface area contributed by atoms with Crippen molar-refractivity contribution in [3.8, 4) is 0 Å². The highest BCUT2D eigenvalue weighted by Crippen LogP contribution is 2.41. The minimum atomic E-state index is -0.834. The van der Waals surface area contributed by atoms with Gasteiger partial charge in [-0.15, -0.1) is 0 Å². The van der Waals surface area contributed by atoms with Crippen molar-refractivity contribution in [2.24, 2.45) is 11.8 Å². The number of aromatic nitrogens is 1. The molecule has 1 aromatic heterocycles. The number of nitrogens with one attached hydrogen (secondary N) is 1. The molecule has 1 aliphatic carbocycles. The van der Waals surface area contributed by atoms with Crippen LogP contribution in [0.1, 0.15) is 43.2 Å². The Balaban J connectivity index is 1.44. The Bertz CT molecular complexity index is 817. The van der Waals surface area contributed by atoms with Gasteiger partial charge in [-0.3, -0.25) is 9.59 Å². The smallest absolute Gasteiger partial charge is 0.307 e. The Labute approximate surface area is 147 Å². The van der Waals surface area contributed by atoms with Gasteiger partial charge in [0.25, 0.3) is 0 Å². The molecular weight excluding hydrogens is 316 g/mol. The second kappa shape index (κ2) is 6.21. The van der Waals surface area contributed by atoms with E-state index in [2.05, 4.69) is 36.3 Å². The zero-order valence-electron chi connectivity index (χ0n) is 14.5. The van der Waals surface area contributed by atoms with Crippen LogP contribution in [0.25, 0.3) is 10.9 Å². The molecule has 5 heteroatoms. The summed E-state index contributed by atoms with van der Waals surface area (Å²) in [6.07, 6.45) is 5.54. The Hall–Kier alpha value is -2.30. The number of hydrogen-bond donors (Lipinski definition) is 2. The van der Waals surface area contributed by atoms with Gasteiger partial charge in [0.05, 0.1) is 11.8 Å². The van der Waals surface area contributed by atoms with Gasteiger partial charge in [0.15, 0.2) is 0 Å². The van der Waals surface area contributed by atoms with Crippen molar-refractivity contribution >= 4 is 22.8 Å². The Morgan fingerprint density at radius 2 is 2.00 bits per heavy atom. The summed E-state index contributed by atoms with van der Waals surface area (Å²) in [6.45, 7) is 3.63. The number of para-hydroxylation sites is 1. The fraction of sp³-hybridized carbons (Fsp3) is 0.500. The Morgan fingerprint density at radius 1 is 1.24 bits per heavy atom. The molecule has 2 fully saturated rings. The zero-order valence-corrected chi connectivity index (χ0v) is 14.5. The second-order valence-electron chi connectivity index (χ2n) is 7.32. The van der Waals surface area contributed by atoms with Gasteiger partial charge < -0.3 is 15.0 Å². The van der Waals surface area contributed by atoms with E-state index in [9.17, 15) is 9.59 Å². The maximum Gasteiger partial charge on any atom is 0.307 e.